The Morgan fingerprint density at radius 2 is 1.89 bits per heavy atom. The number of hydrogen-bond acceptors (Lipinski definition) is 6. The van der Waals surface area contributed by atoms with Crippen LogP contribution in [0.3, 0.4) is 0 Å². The predicted octanol–water partition coefficient (Wildman–Crippen LogP) is 4.58. The zero-order valence-electron chi connectivity index (χ0n) is 20.6. The second-order valence-electron chi connectivity index (χ2n) is 8.76. The van der Waals surface area contributed by atoms with Gasteiger partial charge in [0.1, 0.15) is 11.5 Å². The van der Waals surface area contributed by atoms with E-state index in [9.17, 15) is 4.79 Å². The monoisotopic (exact) mass is 469 g/mol. The number of nitrogens with zero attached hydrogens (tertiary/aromatic N) is 5. The number of carbonyl (C=O) groups excluding carboxylic acids is 1. The third-order valence-electron chi connectivity index (χ3n) is 6.23. The molecule has 178 valence electrons. The zero-order chi connectivity index (χ0) is 24.9. The van der Waals surface area contributed by atoms with Crippen LogP contribution < -0.4 is 10.1 Å². The number of ether oxygens (including phenoxy) is 1. The molecule has 0 saturated carbocycles. The molecule has 1 amide bonds. The number of amides is 1. The number of rotatable bonds is 5. The third kappa shape index (κ3) is 3.84. The second-order valence-corrected chi connectivity index (χ2v) is 8.76. The first-order valence-corrected chi connectivity index (χ1v) is 11.2. The molecule has 3 heterocycles. The lowest BCUT2D eigenvalue weighted by molar-refractivity contribution is 0.0827. The Bertz CT molecular complexity index is 1600. The number of aromatic amines is 1. The molecule has 0 aliphatic rings. The molecule has 3 aromatic heterocycles. The molecule has 0 aliphatic heterocycles. The second kappa shape index (κ2) is 8.43. The van der Waals surface area contributed by atoms with Crippen LogP contribution in [0.4, 0.5) is 11.6 Å². The van der Waals surface area contributed by atoms with Crippen molar-refractivity contribution < 1.29 is 9.53 Å². The first kappa shape index (κ1) is 22.4. The maximum Gasteiger partial charge on any atom is 0.253 e. The number of nitrogens with one attached hydrogen (secondary N) is 2. The minimum atomic E-state index is -0.0445. The van der Waals surface area contributed by atoms with Gasteiger partial charge in [0.05, 0.1) is 23.5 Å². The van der Waals surface area contributed by atoms with Crippen LogP contribution in [0.25, 0.3) is 33.2 Å². The topological polar surface area (TPSA) is 101 Å². The van der Waals surface area contributed by atoms with Crippen molar-refractivity contribution in [2.75, 3.05) is 26.5 Å². The van der Waals surface area contributed by atoms with E-state index < -0.39 is 0 Å². The van der Waals surface area contributed by atoms with Gasteiger partial charge in [-0.25, -0.2) is 4.98 Å². The van der Waals surface area contributed by atoms with E-state index in [2.05, 4.69) is 48.0 Å². The number of benzene rings is 2. The van der Waals surface area contributed by atoms with E-state index in [1.54, 1.807) is 32.2 Å². The van der Waals surface area contributed by atoms with Crippen molar-refractivity contribution in [3.63, 3.8) is 0 Å². The molecule has 0 atom stereocenters. The van der Waals surface area contributed by atoms with Crippen molar-refractivity contribution in [2.24, 2.45) is 7.05 Å². The summed E-state index contributed by atoms with van der Waals surface area (Å²) in [4.78, 5) is 31.0. The van der Waals surface area contributed by atoms with Crippen LogP contribution in [0, 0.1) is 13.8 Å². The van der Waals surface area contributed by atoms with Crippen molar-refractivity contribution in [3.8, 4) is 17.0 Å². The lowest BCUT2D eigenvalue weighted by Gasteiger charge is -2.14. The Hall–Kier alpha value is -4.40. The molecular weight excluding hydrogens is 442 g/mol. The summed E-state index contributed by atoms with van der Waals surface area (Å²) in [6, 6.07) is 11.7. The van der Waals surface area contributed by atoms with E-state index in [0.29, 0.717) is 23.0 Å². The quantitative estimate of drug-likeness (QED) is 0.391. The van der Waals surface area contributed by atoms with E-state index in [-0.39, 0.29) is 5.91 Å². The molecule has 0 radical (unpaired) electrons. The molecule has 9 heteroatoms. The number of H-pyrrole nitrogens is 1. The van der Waals surface area contributed by atoms with Gasteiger partial charge in [-0.15, -0.1) is 0 Å². The lowest BCUT2D eigenvalue weighted by atomic mass is 10.1. The molecule has 2 aromatic carbocycles. The summed E-state index contributed by atoms with van der Waals surface area (Å²) in [6.07, 6.45) is 1.91. The summed E-state index contributed by atoms with van der Waals surface area (Å²) in [5.74, 6) is 1.77. The fraction of sp³-hybridized carbons (Fsp3) is 0.231. The van der Waals surface area contributed by atoms with Crippen molar-refractivity contribution in [1.29, 1.82) is 0 Å². The summed E-state index contributed by atoms with van der Waals surface area (Å²) in [5, 5.41) is 4.06. The Labute approximate surface area is 202 Å². The van der Waals surface area contributed by atoms with Crippen LogP contribution >= 0.6 is 0 Å². The van der Waals surface area contributed by atoms with Crippen molar-refractivity contribution in [2.45, 2.75) is 13.8 Å². The van der Waals surface area contributed by atoms with Gasteiger partial charge in [-0.2, -0.15) is 9.97 Å². The highest BCUT2D eigenvalue weighted by Crippen LogP contribution is 2.36. The molecule has 5 aromatic rings. The predicted molar refractivity (Wildman–Crippen MR) is 137 cm³/mol. The van der Waals surface area contributed by atoms with E-state index in [0.717, 1.165) is 44.6 Å². The van der Waals surface area contributed by atoms with E-state index in [1.165, 1.54) is 0 Å². The van der Waals surface area contributed by atoms with Gasteiger partial charge in [0, 0.05) is 44.2 Å². The normalized spacial score (nSPS) is 11.3. The summed E-state index contributed by atoms with van der Waals surface area (Å²) < 4.78 is 7.73. The highest BCUT2D eigenvalue weighted by Gasteiger charge is 2.18. The lowest BCUT2D eigenvalue weighted by Crippen LogP contribution is -2.21. The van der Waals surface area contributed by atoms with Crippen molar-refractivity contribution >= 4 is 39.6 Å². The maximum atomic E-state index is 12.3. The van der Waals surface area contributed by atoms with Crippen LogP contribution in [-0.2, 0) is 7.05 Å². The Kier molecular flexibility index (Phi) is 5.39. The van der Waals surface area contributed by atoms with Crippen molar-refractivity contribution in [3.05, 3.63) is 59.5 Å². The molecule has 35 heavy (non-hydrogen) atoms. The van der Waals surface area contributed by atoms with Gasteiger partial charge >= 0.3 is 0 Å². The number of anilines is 2. The fourth-order valence-corrected chi connectivity index (χ4v) is 4.23. The van der Waals surface area contributed by atoms with Gasteiger partial charge in [-0.05, 0) is 55.3 Å². The van der Waals surface area contributed by atoms with Gasteiger partial charge in [-0.3, -0.25) is 4.79 Å². The molecule has 0 saturated heterocycles. The molecule has 5 rings (SSSR count). The molecule has 0 unspecified atom stereocenters. The van der Waals surface area contributed by atoms with Gasteiger partial charge < -0.3 is 24.5 Å². The summed E-state index contributed by atoms with van der Waals surface area (Å²) in [5.41, 5.74) is 6.95. The average molecular weight is 470 g/mol. The summed E-state index contributed by atoms with van der Waals surface area (Å²) in [6.45, 7) is 3.93. The molecule has 2 N–H and O–H groups in total. The van der Waals surface area contributed by atoms with Crippen LogP contribution in [0.1, 0.15) is 21.7 Å². The van der Waals surface area contributed by atoms with Crippen LogP contribution in [0.15, 0.2) is 42.6 Å². The molecule has 0 fully saturated rings. The number of hydrogen-bond donors (Lipinski definition) is 2. The number of carbonyl (C=O) groups is 1. The highest BCUT2D eigenvalue weighted by atomic mass is 16.5. The van der Waals surface area contributed by atoms with Gasteiger partial charge in [0.2, 0.25) is 11.8 Å². The van der Waals surface area contributed by atoms with E-state index in [4.69, 9.17) is 4.74 Å². The fourth-order valence-electron chi connectivity index (χ4n) is 4.23. The number of fused-ring (bicyclic) bond motifs is 2. The first-order chi connectivity index (χ1) is 16.8. The zero-order valence-corrected chi connectivity index (χ0v) is 20.6. The Morgan fingerprint density at radius 1 is 1.09 bits per heavy atom. The minimum Gasteiger partial charge on any atom is -0.480 e. The summed E-state index contributed by atoms with van der Waals surface area (Å²) >= 11 is 0. The smallest absolute Gasteiger partial charge is 0.253 e. The minimum absolute atomic E-state index is 0.0445. The molecular formula is C26H27N7O2. The Morgan fingerprint density at radius 3 is 2.60 bits per heavy atom. The standard InChI is InChI=1S/C26H27N7O2/c1-14-11-17(25(34)32(3)4)7-9-19(14)29-26-30-23-22(24(31-26)35-6)18(13-27-23)16-8-10-21-20(12-16)28-15(2)33(21)5/h7-13H,1-6H3,(H2,27,29,30,31). The SMILES string of the molecule is COc1nc(Nc2ccc(C(=O)N(C)C)cc2C)nc2[nH]cc(-c3ccc4c(c3)nc(C)n4C)c12. The number of methoxy groups -OCH3 is 1. The maximum absolute atomic E-state index is 12.3. The van der Waals surface area contributed by atoms with Gasteiger partial charge in [0.25, 0.3) is 5.91 Å². The molecule has 0 bridgehead atoms. The number of imidazole rings is 1. The first-order valence-electron chi connectivity index (χ1n) is 11.2. The van der Waals surface area contributed by atoms with E-state index >= 15 is 0 Å². The largest absolute Gasteiger partial charge is 0.480 e. The van der Waals surface area contributed by atoms with Crippen LogP contribution in [-0.4, -0.2) is 56.5 Å². The molecule has 0 aliphatic carbocycles. The molecule has 0 spiro atoms. The number of aryl methyl sites for hydroxylation is 3. The average Bonchev–Trinajstić information content (AvgIpc) is 3.39. The van der Waals surface area contributed by atoms with Crippen LogP contribution in [0.2, 0.25) is 0 Å². The van der Waals surface area contributed by atoms with Crippen LogP contribution in [0.5, 0.6) is 5.88 Å². The molecule has 9 nitrogen and oxygen atoms in total. The number of aromatic nitrogens is 5. The highest BCUT2D eigenvalue weighted by molar-refractivity contribution is 5.99. The van der Waals surface area contributed by atoms with Gasteiger partial charge in [-0.1, -0.05) is 6.07 Å². The third-order valence-corrected chi connectivity index (χ3v) is 6.23. The Balaban J connectivity index is 1.52. The summed E-state index contributed by atoms with van der Waals surface area (Å²) in [7, 11) is 7.08. The van der Waals surface area contributed by atoms with Gasteiger partial charge in [0.15, 0.2) is 0 Å². The van der Waals surface area contributed by atoms with E-state index in [1.807, 2.05) is 39.2 Å². The van der Waals surface area contributed by atoms with Crippen molar-refractivity contribution in [1.82, 2.24) is 29.4 Å².